The number of nitrogens with one attached hydrogen (secondary N) is 2. The molecule has 1 heterocycles. The third-order valence-electron chi connectivity index (χ3n) is 2.16. The molecule has 6 nitrogen and oxygen atoms in total. The van der Waals surface area contributed by atoms with E-state index in [1.54, 1.807) is 12.1 Å². The Kier molecular flexibility index (Phi) is 2.87. The van der Waals surface area contributed by atoms with Crippen molar-refractivity contribution in [2.75, 3.05) is 5.32 Å². The van der Waals surface area contributed by atoms with Gasteiger partial charge in [-0.2, -0.15) is 5.10 Å². The zero-order valence-corrected chi connectivity index (χ0v) is 8.68. The lowest BCUT2D eigenvalue weighted by atomic mass is 10.2. The summed E-state index contributed by atoms with van der Waals surface area (Å²) in [7, 11) is 0. The van der Waals surface area contributed by atoms with E-state index in [0.29, 0.717) is 11.3 Å². The number of anilines is 1. The van der Waals surface area contributed by atoms with E-state index in [1.807, 2.05) is 0 Å². The van der Waals surface area contributed by atoms with Crippen molar-refractivity contribution >= 4 is 23.8 Å². The second-order valence-electron chi connectivity index (χ2n) is 3.33. The molecule has 0 bridgehead atoms. The molecule has 1 aromatic carbocycles. The van der Waals surface area contributed by atoms with Crippen molar-refractivity contribution in [1.29, 1.82) is 0 Å². The van der Waals surface area contributed by atoms with Crippen molar-refractivity contribution in [2.24, 2.45) is 5.10 Å². The molecule has 0 unspecified atom stereocenters. The van der Waals surface area contributed by atoms with Crippen molar-refractivity contribution in [1.82, 2.24) is 5.43 Å². The number of nitrogens with zero attached hydrogens (tertiary/aromatic N) is 1. The minimum absolute atomic E-state index is 0.211. The van der Waals surface area contributed by atoms with Gasteiger partial charge in [0, 0.05) is 11.9 Å². The molecule has 1 aliphatic heterocycles. The normalized spacial score (nSPS) is 16.0. The molecular weight excluding hydrogens is 222 g/mol. The molecule has 0 fully saturated rings. The van der Waals surface area contributed by atoms with Gasteiger partial charge in [0.1, 0.15) is 0 Å². The summed E-state index contributed by atoms with van der Waals surface area (Å²) in [6.45, 7) is 0. The molecule has 6 heteroatoms. The topological polar surface area (TPSA) is 90.8 Å². The maximum Gasteiger partial charge on any atom is 0.335 e. The number of carboxylic acid groups (broad SMARTS) is 1. The minimum Gasteiger partial charge on any atom is -0.478 e. The van der Waals surface area contributed by atoms with Gasteiger partial charge in [0.25, 0.3) is 5.91 Å². The predicted molar refractivity (Wildman–Crippen MR) is 61.7 cm³/mol. The number of hydrogen-bond acceptors (Lipinski definition) is 4. The highest BCUT2D eigenvalue weighted by Gasteiger charge is 2.11. The van der Waals surface area contributed by atoms with E-state index in [0.717, 1.165) is 0 Å². The first kappa shape index (κ1) is 10.9. The summed E-state index contributed by atoms with van der Waals surface area (Å²) in [6.07, 6.45) is 2.91. The molecule has 86 valence electrons. The van der Waals surface area contributed by atoms with Gasteiger partial charge in [0.2, 0.25) is 0 Å². The molecular formula is C11H9N3O3. The lowest BCUT2D eigenvalue weighted by molar-refractivity contribution is -0.116. The van der Waals surface area contributed by atoms with Gasteiger partial charge in [-0.3, -0.25) is 4.79 Å². The number of rotatable bonds is 3. The lowest BCUT2D eigenvalue weighted by Gasteiger charge is -2.01. The molecule has 3 N–H and O–H groups in total. The van der Waals surface area contributed by atoms with Crippen molar-refractivity contribution in [3.05, 3.63) is 41.6 Å². The molecule has 0 aliphatic carbocycles. The molecule has 1 amide bonds. The Bertz CT molecular complexity index is 517. The number of hydrazone groups is 1. The highest BCUT2D eigenvalue weighted by Crippen LogP contribution is 2.10. The summed E-state index contributed by atoms with van der Waals surface area (Å²) in [5.41, 5.74) is 3.59. The third kappa shape index (κ3) is 2.49. The van der Waals surface area contributed by atoms with Crippen LogP contribution < -0.4 is 10.7 Å². The molecule has 0 atom stereocenters. The summed E-state index contributed by atoms with van der Waals surface area (Å²) in [4.78, 5) is 21.7. The quantitative estimate of drug-likeness (QED) is 0.671. The Morgan fingerprint density at radius 2 is 2.06 bits per heavy atom. The highest BCUT2D eigenvalue weighted by atomic mass is 16.4. The Morgan fingerprint density at radius 3 is 2.59 bits per heavy atom. The van der Waals surface area contributed by atoms with E-state index in [1.165, 1.54) is 24.5 Å². The Morgan fingerprint density at radius 1 is 1.35 bits per heavy atom. The van der Waals surface area contributed by atoms with E-state index in [2.05, 4.69) is 15.8 Å². The number of hydrogen-bond donors (Lipinski definition) is 3. The van der Waals surface area contributed by atoms with Gasteiger partial charge in [0.05, 0.1) is 17.4 Å². The van der Waals surface area contributed by atoms with Crippen LogP contribution >= 0.6 is 0 Å². The number of benzene rings is 1. The van der Waals surface area contributed by atoms with Gasteiger partial charge in [-0.1, -0.05) is 0 Å². The van der Waals surface area contributed by atoms with E-state index >= 15 is 0 Å². The Labute approximate surface area is 96.6 Å². The maximum absolute atomic E-state index is 11.1. The number of amides is 1. The first-order chi connectivity index (χ1) is 8.16. The average Bonchev–Trinajstić information content (AvgIpc) is 2.73. The van der Waals surface area contributed by atoms with Crippen LogP contribution in [0.15, 0.2) is 41.1 Å². The molecule has 1 aliphatic rings. The van der Waals surface area contributed by atoms with E-state index in [4.69, 9.17) is 5.11 Å². The van der Waals surface area contributed by atoms with Gasteiger partial charge in [0.15, 0.2) is 0 Å². The summed E-state index contributed by atoms with van der Waals surface area (Å²) in [5, 5.41) is 15.2. The van der Waals surface area contributed by atoms with Crippen LogP contribution in [0.25, 0.3) is 0 Å². The number of carbonyl (C=O) groups excluding carboxylic acids is 1. The molecule has 2 rings (SSSR count). The van der Waals surface area contributed by atoms with Crippen LogP contribution in [0.4, 0.5) is 5.69 Å². The molecule has 1 aromatic rings. The SMILES string of the molecule is O=C1NN=C/C1=C\Nc1ccc(C(=O)O)cc1. The number of carboxylic acids is 1. The van der Waals surface area contributed by atoms with Crippen LogP contribution in [-0.4, -0.2) is 23.2 Å². The molecule has 0 saturated carbocycles. The first-order valence-electron chi connectivity index (χ1n) is 4.80. The van der Waals surface area contributed by atoms with Gasteiger partial charge >= 0.3 is 5.97 Å². The second-order valence-corrected chi connectivity index (χ2v) is 3.33. The molecule has 0 aromatic heterocycles. The van der Waals surface area contributed by atoms with Crippen molar-refractivity contribution in [2.45, 2.75) is 0 Å². The predicted octanol–water partition coefficient (Wildman–Crippen LogP) is 0.796. The van der Waals surface area contributed by atoms with Crippen molar-refractivity contribution < 1.29 is 14.7 Å². The summed E-state index contributed by atoms with van der Waals surface area (Å²) < 4.78 is 0. The highest BCUT2D eigenvalue weighted by molar-refractivity contribution is 6.15. The van der Waals surface area contributed by atoms with Gasteiger partial charge < -0.3 is 10.4 Å². The minimum atomic E-state index is -0.975. The van der Waals surface area contributed by atoms with Crippen LogP contribution in [0.1, 0.15) is 10.4 Å². The monoisotopic (exact) mass is 231 g/mol. The Hall–Kier alpha value is -2.63. The smallest absolute Gasteiger partial charge is 0.335 e. The summed E-state index contributed by atoms with van der Waals surface area (Å²) in [6, 6.07) is 6.19. The third-order valence-corrected chi connectivity index (χ3v) is 2.16. The molecule has 17 heavy (non-hydrogen) atoms. The zero-order chi connectivity index (χ0) is 12.3. The lowest BCUT2D eigenvalue weighted by Crippen LogP contribution is -2.12. The fourth-order valence-electron chi connectivity index (χ4n) is 1.26. The van der Waals surface area contributed by atoms with Gasteiger partial charge in [-0.25, -0.2) is 10.2 Å². The fourth-order valence-corrected chi connectivity index (χ4v) is 1.26. The standard InChI is InChI=1S/C11H9N3O3/c15-10-8(6-13-14-10)5-12-9-3-1-7(2-4-9)11(16)17/h1-6,12H,(H,14,15)(H,16,17)/b8-5+. The van der Waals surface area contributed by atoms with Crippen molar-refractivity contribution in [3.63, 3.8) is 0 Å². The largest absolute Gasteiger partial charge is 0.478 e. The van der Waals surface area contributed by atoms with E-state index < -0.39 is 5.97 Å². The first-order valence-corrected chi connectivity index (χ1v) is 4.80. The summed E-state index contributed by atoms with van der Waals surface area (Å²) in [5.74, 6) is -1.25. The van der Waals surface area contributed by atoms with Crippen molar-refractivity contribution in [3.8, 4) is 0 Å². The van der Waals surface area contributed by atoms with Crippen LogP contribution in [0.2, 0.25) is 0 Å². The zero-order valence-electron chi connectivity index (χ0n) is 8.68. The van der Waals surface area contributed by atoms with Crippen LogP contribution in [0.5, 0.6) is 0 Å². The van der Waals surface area contributed by atoms with E-state index in [9.17, 15) is 9.59 Å². The Balaban J connectivity index is 2.07. The molecule has 0 spiro atoms. The number of aromatic carboxylic acids is 1. The average molecular weight is 231 g/mol. The summed E-state index contributed by atoms with van der Waals surface area (Å²) >= 11 is 0. The molecule has 0 saturated heterocycles. The van der Waals surface area contributed by atoms with Gasteiger partial charge in [-0.05, 0) is 24.3 Å². The van der Waals surface area contributed by atoms with Crippen LogP contribution in [0, 0.1) is 0 Å². The van der Waals surface area contributed by atoms with Crippen LogP contribution in [0.3, 0.4) is 0 Å². The van der Waals surface area contributed by atoms with Crippen LogP contribution in [-0.2, 0) is 4.79 Å². The maximum atomic E-state index is 11.1. The van der Waals surface area contributed by atoms with Gasteiger partial charge in [-0.15, -0.1) is 0 Å². The van der Waals surface area contributed by atoms with E-state index in [-0.39, 0.29) is 11.5 Å². The molecule has 0 radical (unpaired) electrons. The second kappa shape index (κ2) is 4.48. The fraction of sp³-hybridized carbons (Fsp3) is 0. The number of carbonyl (C=O) groups is 2.